The zero-order valence-electron chi connectivity index (χ0n) is 4.70. The van der Waals surface area contributed by atoms with Gasteiger partial charge in [0, 0.05) is 11.1 Å². The minimum Gasteiger partial charge on any atom is -0.325 e. The molecule has 2 atom stereocenters. The summed E-state index contributed by atoms with van der Waals surface area (Å²) in [5.41, 5.74) is 5.12. The van der Waals surface area contributed by atoms with E-state index in [0.29, 0.717) is 0 Å². The lowest BCUT2D eigenvalue weighted by molar-refractivity contribution is 0.348. The molecule has 0 rings (SSSR count). The van der Waals surface area contributed by atoms with Gasteiger partial charge in [0.1, 0.15) is 6.17 Å². The van der Waals surface area contributed by atoms with Crippen LogP contribution < -0.4 is 5.73 Å². The Morgan fingerprint density at radius 1 is 1.88 bits per heavy atom. The fourth-order valence-corrected chi connectivity index (χ4v) is 0.484. The molecule has 0 saturated heterocycles. The van der Waals surface area contributed by atoms with E-state index in [9.17, 15) is 4.39 Å². The summed E-state index contributed by atoms with van der Waals surface area (Å²) in [5, 5.41) is -0.0278. The Bertz CT molecular complexity index is 92.4. The zero-order chi connectivity index (χ0) is 6.73. The quantitative estimate of drug-likeness (QED) is 0.612. The Kier molecular flexibility index (Phi) is 3.02. The van der Waals surface area contributed by atoms with Crippen LogP contribution in [0.15, 0.2) is 11.6 Å². The van der Waals surface area contributed by atoms with Gasteiger partial charge in [0.25, 0.3) is 0 Å². The van der Waals surface area contributed by atoms with Crippen LogP contribution in [0.5, 0.6) is 0 Å². The first kappa shape index (κ1) is 7.92. The van der Waals surface area contributed by atoms with Crippen LogP contribution in [0.1, 0.15) is 6.92 Å². The van der Waals surface area contributed by atoms with Crippen LogP contribution in [0.4, 0.5) is 4.39 Å². The molecule has 0 saturated carbocycles. The SMILES string of the molecule is C=C(Cl)C(F)C(C)N. The highest BCUT2D eigenvalue weighted by Gasteiger charge is 2.12. The van der Waals surface area contributed by atoms with Crippen molar-refractivity contribution in [2.45, 2.75) is 19.1 Å². The van der Waals surface area contributed by atoms with E-state index in [4.69, 9.17) is 17.3 Å². The van der Waals surface area contributed by atoms with E-state index < -0.39 is 12.2 Å². The number of halogens is 2. The Balaban J connectivity index is 3.64. The van der Waals surface area contributed by atoms with E-state index in [2.05, 4.69) is 6.58 Å². The van der Waals surface area contributed by atoms with Crippen molar-refractivity contribution in [1.29, 1.82) is 0 Å². The molecule has 0 amide bonds. The fourth-order valence-electron chi connectivity index (χ4n) is 0.285. The first-order valence-corrected chi connectivity index (χ1v) is 2.67. The van der Waals surface area contributed by atoms with Gasteiger partial charge in [-0.2, -0.15) is 0 Å². The van der Waals surface area contributed by atoms with Gasteiger partial charge < -0.3 is 5.73 Å². The van der Waals surface area contributed by atoms with Crippen LogP contribution in [0.25, 0.3) is 0 Å². The van der Waals surface area contributed by atoms with Crippen molar-refractivity contribution in [3.05, 3.63) is 11.6 Å². The van der Waals surface area contributed by atoms with Gasteiger partial charge in [-0.05, 0) is 6.92 Å². The van der Waals surface area contributed by atoms with E-state index in [1.165, 1.54) is 6.92 Å². The first-order chi connectivity index (χ1) is 3.55. The second-order valence-electron chi connectivity index (χ2n) is 1.71. The van der Waals surface area contributed by atoms with Crippen LogP contribution in [0.2, 0.25) is 0 Å². The third-order valence-corrected chi connectivity index (χ3v) is 0.969. The minimum absolute atomic E-state index is 0.0278. The Morgan fingerprint density at radius 3 is 2.25 bits per heavy atom. The maximum atomic E-state index is 12.3. The van der Waals surface area contributed by atoms with E-state index in [-0.39, 0.29) is 5.03 Å². The number of hydrogen-bond acceptors (Lipinski definition) is 1. The summed E-state index contributed by atoms with van der Waals surface area (Å²) in [6, 6.07) is -0.556. The van der Waals surface area contributed by atoms with Crippen molar-refractivity contribution in [1.82, 2.24) is 0 Å². The van der Waals surface area contributed by atoms with Crippen molar-refractivity contribution in [3.8, 4) is 0 Å². The largest absolute Gasteiger partial charge is 0.325 e. The number of nitrogens with two attached hydrogens (primary N) is 1. The van der Waals surface area contributed by atoms with Gasteiger partial charge >= 0.3 is 0 Å². The lowest BCUT2D eigenvalue weighted by atomic mass is 10.2. The summed E-state index contributed by atoms with van der Waals surface area (Å²) < 4.78 is 12.3. The predicted octanol–water partition coefficient (Wildman–Crippen LogP) is 1.42. The molecule has 0 aliphatic carbocycles. The maximum absolute atomic E-state index is 12.3. The molecule has 0 aromatic carbocycles. The van der Waals surface area contributed by atoms with E-state index in [1.807, 2.05) is 0 Å². The highest BCUT2D eigenvalue weighted by Crippen LogP contribution is 2.10. The molecule has 1 nitrogen and oxygen atoms in total. The monoisotopic (exact) mass is 137 g/mol. The Hall–Kier alpha value is -0.0800. The van der Waals surface area contributed by atoms with E-state index in [0.717, 1.165) is 0 Å². The standard InChI is InChI=1S/C5H9ClFN/c1-3(6)5(7)4(2)8/h4-5H,1,8H2,2H3. The van der Waals surface area contributed by atoms with Crippen LogP contribution in [-0.4, -0.2) is 12.2 Å². The molecular weight excluding hydrogens is 129 g/mol. The third kappa shape index (κ3) is 2.28. The maximum Gasteiger partial charge on any atom is 0.150 e. The summed E-state index contributed by atoms with van der Waals surface area (Å²) in [6.45, 7) is 4.73. The average Bonchev–Trinajstić information content (AvgIpc) is 1.64. The fraction of sp³-hybridized carbons (Fsp3) is 0.600. The van der Waals surface area contributed by atoms with Crippen LogP contribution in [-0.2, 0) is 0 Å². The van der Waals surface area contributed by atoms with Crippen molar-refractivity contribution in [2.24, 2.45) is 5.73 Å². The van der Waals surface area contributed by atoms with Crippen LogP contribution >= 0.6 is 11.6 Å². The minimum atomic E-state index is -1.28. The molecule has 0 fully saturated rings. The first-order valence-electron chi connectivity index (χ1n) is 2.29. The van der Waals surface area contributed by atoms with Gasteiger partial charge in [0.15, 0.2) is 0 Å². The molecule has 0 aromatic heterocycles. The van der Waals surface area contributed by atoms with Gasteiger partial charge in [0.05, 0.1) is 0 Å². The predicted molar refractivity (Wildman–Crippen MR) is 33.5 cm³/mol. The number of rotatable bonds is 2. The van der Waals surface area contributed by atoms with Crippen molar-refractivity contribution < 1.29 is 4.39 Å². The molecule has 8 heavy (non-hydrogen) atoms. The average molecular weight is 138 g/mol. The molecule has 0 spiro atoms. The molecule has 0 aromatic rings. The summed E-state index contributed by atoms with van der Waals surface area (Å²) in [4.78, 5) is 0. The highest BCUT2D eigenvalue weighted by atomic mass is 35.5. The number of hydrogen-bond donors (Lipinski definition) is 1. The second kappa shape index (κ2) is 3.05. The summed E-state index contributed by atoms with van der Waals surface area (Å²) in [7, 11) is 0. The van der Waals surface area contributed by atoms with Crippen LogP contribution in [0, 0.1) is 0 Å². The third-order valence-electron chi connectivity index (χ3n) is 0.761. The van der Waals surface area contributed by atoms with E-state index >= 15 is 0 Å². The molecule has 2 unspecified atom stereocenters. The molecule has 0 radical (unpaired) electrons. The van der Waals surface area contributed by atoms with Gasteiger partial charge in [0.2, 0.25) is 0 Å². The zero-order valence-corrected chi connectivity index (χ0v) is 5.45. The van der Waals surface area contributed by atoms with Crippen molar-refractivity contribution in [2.75, 3.05) is 0 Å². The molecule has 0 aliphatic heterocycles. The molecule has 0 heterocycles. The lowest BCUT2D eigenvalue weighted by Gasteiger charge is -2.08. The van der Waals surface area contributed by atoms with Crippen molar-refractivity contribution >= 4 is 11.6 Å². The Morgan fingerprint density at radius 2 is 2.25 bits per heavy atom. The Labute approximate surface area is 53.3 Å². The lowest BCUT2D eigenvalue weighted by Crippen LogP contribution is -2.27. The highest BCUT2D eigenvalue weighted by molar-refractivity contribution is 6.29. The van der Waals surface area contributed by atoms with Crippen molar-refractivity contribution in [3.63, 3.8) is 0 Å². The second-order valence-corrected chi connectivity index (χ2v) is 2.19. The molecule has 48 valence electrons. The van der Waals surface area contributed by atoms with Crippen LogP contribution in [0.3, 0.4) is 0 Å². The van der Waals surface area contributed by atoms with Gasteiger partial charge in [-0.1, -0.05) is 18.2 Å². The molecular formula is C5H9ClFN. The summed E-state index contributed by atoms with van der Waals surface area (Å²) in [5.74, 6) is 0. The topological polar surface area (TPSA) is 26.0 Å². The smallest absolute Gasteiger partial charge is 0.150 e. The van der Waals surface area contributed by atoms with E-state index in [1.54, 1.807) is 0 Å². The molecule has 3 heteroatoms. The number of alkyl halides is 1. The normalized spacial score (nSPS) is 17.5. The summed E-state index contributed by atoms with van der Waals surface area (Å²) >= 11 is 5.17. The summed E-state index contributed by atoms with van der Waals surface area (Å²) in [6.07, 6.45) is -1.28. The molecule has 0 aliphatic rings. The van der Waals surface area contributed by atoms with Gasteiger partial charge in [-0.25, -0.2) is 4.39 Å². The molecule has 2 N–H and O–H groups in total. The van der Waals surface area contributed by atoms with Gasteiger partial charge in [-0.15, -0.1) is 0 Å². The van der Waals surface area contributed by atoms with Gasteiger partial charge in [-0.3, -0.25) is 0 Å². The molecule has 0 bridgehead atoms.